The van der Waals surface area contributed by atoms with Crippen molar-refractivity contribution in [2.75, 3.05) is 18.8 Å². The lowest BCUT2D eigenvalue weighted by molar-refractivity contribution is 0.331. The summed E-state index contributed by atoms with van der Waals surface area (Å²) < 4.78 is 0. The summed E-state index contributed by atoms with van der Waals surface area (Å²) in [7, 11) is 0. The molecule has 4 nitrogen and oxygen atoms in total. The molecule has 4 heteroatoms. The predicted molar refractivity (Wildman–Crippen MR) is 72.9 cm³/mol. The molecule has 0 aliphatic carbocycles. The number of nitrogens with zero attached hydrogens (tertiary/aromatic N) is 2. The number of likely N-dealkylation sites (tertiary alicyclic amines) is 1. The Morgan fingerprint density at radius 3 is 2.78 bits per heavy atom. The third-order valence-electron chi connectivity index (χ3n) is 3.44. The van der Waals surface area contributed by atoms with E-state index in [-0.39, 0.29) is 0 Å². The Kier molecular flexibility index (Phi) is 3.02. The molecular formula is C14H18N4. The van der Waals surface area contributed by atoms with Crippen molar-refractivity contribution in [1.29, 1.82) is 0 Å². The highest BCUT2D eigenvalue weighted by Gasteiger charge is 2.12. The van der Waals surface area contributed by atoms with Crippen LogP contribution in [0.1, 0.15) is 18.4 Å². The Hall–Kier alpha value is -1.81. The van der Waals surface area contributed by atoms with E-state index in [0.717, 1.165) is 17.8 Å². The van der Waals surface area contributed by atoms with Crippen molar-refractivity contribution in [3.05, 3.63) is 35.9 Å². The van der Waals surface area contributed by atoms with Gasteiger partial charge in [-0.05, 0) is 43.1 Å². The van der Waals surface area contributed by atoms with Crippen molar-refractivity contribution >= 4 is 5.82 Å². The first kappa shape index (κ1) is 11.3. The van der Waals surface area contributed by atoms with Crippen LogP contribution in [-0.2, 0) is 6.54 Å². The zero-order valence-corrected chi connectivity index (χ0v) is 10.4. The summed E-state index contributed by atoms with van der Waals surface area (Å²) in [4.78, 5) is 2.50. The Morgan fingerprint density at radius 2 is 2.06 bits per heavy atom. The van der Waals surface area contributed by atoms with E-state index in [2.05, 4.69) is 39.4 Å². The van der Waals surface area contributed by atoms with Crippen molar-refractivity contribution in [2.24, 2.45) is 0 Å². The molecule has 0 unspecified atom stereocenters. The number of hydrogen-bond donors (Lipinski definition) is 2. The summed E-state index contributed by atoms with van der Waals surface area (Å²) in [5.74, 6) is 0.537. The van der Waals surface area contributed by atoms with Crippen LogP contribution >= 0.6 is 0 Å². The molecule has 0 spiro atoms. The van der Waals surface area contributed by atoms with Gasteiger partial charge in [0.2, 0.25) is 0 Å². The number of hydrogen-bond acceptors (Lipinski definition) is 3. The highest BCUT2D eigenvalue weighted by atomic mass is 15.2. The van der Waals surface area contributed by atoms with Crippen LogP contribution in [0.5, 0.6) is 0 Å². The van der Waals surface area contributed by atoms with Crippen LogP contribution in [0.4, 0.5) is 5.82 Å². The number of nitrogen functional groups attached to an aromatic ring is 1. The maximum absolute atomic E-state index is 5.64. The minimum absolute atomic E-state index is 0.537. The van der Waals surface area contributed by atoms with E-state index in [9.17, 15) is 0 Å². The zero-order valence-electron chi connectivity index (χ0n) is 10.4. The van der Waals surface area contributed by atoms with Crippen molar-refractivity contribution in [3.63, 3.8) is 0 Å². The number of aromatic amines is 1. The van der Waals surface area contributed by atoms with E-state index in [0.29, 0.717) is 5.82 Å². The van der Waals surface area contributed by atoms with E-state index >= 15 is 0 Å². The summed E-state index contributed by atoms with van der Waals surface area (Å²) >= 11 is 0. The fourth-order valence-corrected chi connectivity index (χ4v) is 2.52. The van der Waals surface area contributed by atoms with E-state index in [4.69, 9.17) is 5.73 Å². The van der Waals surface area contributed by atoms with Gasteiger partial charge in [-0.25, -0.2) is 0 Å². The number of benzene rings is 1. The standard InChI is InChI=1S/C14H18N4/c15-14-9-13(16-17-14)12-5-3-4-11(8-12)10-18-6-1-2-7-18/h3-5,8-9H,1-2,6-7,10H2,(H3,15,16,17). The molecule has 1 fully saturated rings. The van der Waals surface area contributed by atoms with Gasteiger partial charge in [0.15, 0.2) is 0 Å². The maximum Gasteiger partial charge on any atom is 0.145 e. The summed E-state index contributed by atoms with van der Waals surface area (Å²) in [5, 5.41) is 6.92. The molecule has 2 heterocycles. The molecule has 18 heavy (non-hydrogen) atoms. The first-order valence-electron chi connectivity index (χ1n) is 6.44. The molecule has 0 bridgehead atoms. The Labute approximate surface area is 107 Å². The summed E-state index contributed by atoms with van der Waals surface area (Å²) in [5.41, 5.74) is 9.12. The second kappa shape index (κ2) is 4.82. The minimum atomic E-state index is 0.537. The SMILES string of the molecule is Nc1cc(-c2cccc(CN3CCCC3)c2)[nH]n1. The number of aromatic nitrogens is 2. The monoisotopic (exact) mass is 242 g/mol. The number of rotatable bonds is 3. The second-order valence-corrected chi connectivity index (χ2v) is 4.89. The Balaban J connectivity index is 1.80. The lowest BCUT2D eigenvalue weighted by atomic mass is 10.1. The van der Waals surface area contributed by atoms with Crippen LogP contribution in [0.3, 0.4) is 0 Å². The lowest BCUT2D eigenvalue weighted by Gasteiger charge is -2.14. The highest BCUT2D eigenvalue weighted by Crippen LogP contribution is 2.21. The molecule has 1 saturated heterocycles. The van der Waals surface area contributed by atoms with Gasteiger partial charge in [0.05, 0.1) is 5.69 Å². The zero-order chi connectivity index (χ0) is 12.4. The van der Waals surface area contributed by atoms with Crippen LogP contribution in [0.15, 0.2) is 30.3 Å². The molecule has 0 amide bonds. The molecule has 94 valence electrons. The van der Waals surface area contributed by atoms with Gasteiger partial charge in [0.25, 0.3) is 0 Å². The lowest BCUT2D eigenvalue weighted by Crippen LogP contribution is -2.18. The summed E-state index contributed by atoms with van der Waals surface area (Å²) in [6.45, 7) is 3.49. The summed E-state index contributed by atoms with van der Waals surface area (Å²) in [6.07, 6.45) is 2.66. The quantitative estimate of drug-likeness (QED) is 0.868. The number of H-pyrrole nitrogens is 1. The van der Waals surface area contributed by atoms with Gasteiger partial charge < -0.3 is 5.73 Å². The van der Waals surface area contributed by atoms with Crippen LogP contribution in [-0.4, -0.2) is 28.2 Å². The Bertz CT molecular complexity index is 526. The minimum Gasteiger partial charge on any atom is -0.382 e. The van der Waals surface area contributed by atoms with Gasteiger partial charge in [-0.2, -0.15) is 5.10 Å². The molecule has 0 radical (unpaired) electrons. The van der Waals surface area contributed by atoms with Crippen LogP contribution in [0.25, 0.3) is 11.3 Å². The molecule has 1 aliphatic heterocycles. The fraction of sp³-hybridized carbons (Fsp3) is 0.357. The third-order valence-corrected chi connectivity index (χ3v) is 3.44. The maximum atomic E-state index is 5.64. The molecule has 0 saturated carbocycles. The predicted octanol–water partition coefficient (Wildman–Crippen LogP) is 2.25. The van der Waals surface area contributed by atoms with Crippen molar-refractivity contribution in [2.45, 2.75) is 19.4 Å². The van der Waals surface area contributed by atoms with Gasteiger partial charge in [0.1, 0.15) is 5.82 Å². The first-order valence-corrected chi connectivity index (χ1v) is 6.44. The number of anilines is 1. The molecule has 2 aromatic rings. The summed E-state index contributed by atoms with van der Waals surface area (Å²) in [6, 6.07) is 10.4. The van der Waals surface area contributed by atoms with E-state index < -0.39 is 0 Å². The van der Waals surface area contributed by atoms with E-state index in [1.54, 1.807) is 0 Å². The van der Waals surface area contributed by atoms with E-state index in [1.807, 2.05) is 6.07 Å². The average molecular weight is 242 g/mol. The normalized spacial score (nSPS) is 16.2. The third kappa shape index (κ3) is 2.38. The van der Waals surface area contributed by atoms with Gasteiger partial charge in [0, 0.05) is 12.6 Å². The van der Waals surface area contributed by atoms with Crippen molar-refractivity contribution in [1.82, 2.24) is 15.1 Å². The molecular weight excluding hydrogens is 224 g/mol. The number of nitrogens with one attached hydrogen (secondary N) is 1. The molecule has 3 N–H and O–H groups in total. The molecule has 1 aromatic heterocycles. The van der Waals surface area contributed by atoms with Gasteiger partial charge in [-0.3, -0.25) is 10.00 Å². The van der Waals surface area contributed by atoms with Crippen LogP contribution in [0, 0.1) is 0 Å². The number of nitrogens with two attached hydrogens (primary N) is 1. The van der Waals surface area contributed by atoms with Gasteiger partial charge in [-0.1, -0.05) is 18.2 Å². The van der Waals surface area contributed by atoms with Crippen LogP contribution in [0.2, 0.25) is 0 Å². The largest absolute Gasteiger partial charge is 0.382 e. The molecule has 1 aliphatic rings. The van der Waals surface area contributed by atoms with Crippen LogP contribution < -0.4 is 5.73 Å². The molecule has 3 rings (SSSR count). The van der Waals surface area contributed by atoms with Crippen molar-refractivity contribution < 1.29 is 0 Å². The van der Waals surface area contributed by atoms with Gasteiger partial charge >= 0.3 is 0 Å². The van der Waals surface area contributed by atoms with E-state index in [1.165, 1.54) is 31.5 Å². The van der Waals surface area contributed by atoms with Crippen molar-refractivity contribution in [3.8, 4) is 11.3 Å². The fourth-order valence-electron chi connectivity index (χ4n) is 2.52. The Morgan fingerprint density at radius 1 is 1.22 bits per heavy atom. The molecule has 0 atom stereocenters. The average Bonchev–Trinajstić information content (AvgIpc) is 3.01. The molecule has 1 aromatic carbocycles. The topological polar surface area (TPSA) is 57.9 Å². The first-order chi connectivity index (χ1) is 8.81. The highest BCUT2D eigenvalue weighted by molar-refractivity contribution is 5.62. The smallest absolute Gasteiger partial charge is 0.145 e. The second-order valence-electron chi connectivity index (χ2n) is 4.89. The van der Waals surface area contributed by atoms with Gasteiger partial charge in [-0.15, -0.1) is 0 Å².